The van der Waals surface area contributed by atoms with E-state index in [-0.39, 0.29) is 27.6 Å². The van der Waals surface area contributed by atoms with E-state index in [9.17, 15) is 9.65 Å². The van der Waals surface area contributed by atoms with Gasteiger partial charge in [-0.15, -0.1) is 0 Å². The van der Waals surface area contributed by atoms with Crippen LogP contribution < -0.4 is 16.5 Å². The smallest absolute Gasteiger partial charge is 0.144 e. The first kappa shape index (κ1) is 24.5. The van der Waals surface area contributed by atoms with Gasteiger partial charge in [-0.05, 0) is 63.1 Å². The van der Waals surface area contributed by atoms with Gasteiger partial charge in [0.25, 0.3) is 0 Å². The van der Waals surface area contributed by atoms with Gasteiger partial charge in [0.2, 0.25) is 0 Å². The second-order valence-electron chi connectivity index (χ2n) is 10.7. The van der Waals surface area contributed by atoms with Gasteiger partial charge < -0.3 is 4.42 Å². The van der Waals surface area contributed by atoms with Gasteiger partial charge in [0.15, 0.2) is 0 Å². The van der Waals surface area contributed by atoms with Crippen molar-refractivity contribution in [3.05, 3.63) is 95.3 Å². The van der Waals surface area contributed by atoms with E-state index in [2.05, 4.69) is 55.2 Å². The Balaban J connectivity index is 1.52. The van der Waals surface area contributed by atoms with E-state index in [1.807, 2.05) is 30.3 Å². The molecule has 40 heavy (non-hydrogen) atoms. The van der Waals surface area contributed by atoms with E-state index in [0.29, 0.717) is 27.9 Å². The summed E-state index contributed by atoms with van der Waals surface area (Å²) in [6.45, 7) is 4.46. The molecule has 7 rings (SSSR count). The van der Waals surface area contributed by atoms with Crippen molar-refractivity contribution in [1.29, 1.82) is 5.26 Å². The molecule has 1 aliphatic rings. The number of aromatic nitrogens is 1. The van der Waals surface area contributed by atoms with Crippen LogP contribution in [0.4, 0.5) is 4.39 Å². The molecule has 6 radical (unpaired) electrons. The number of pyridine rings is 1. The summed E-state index contributed by atoms with van der Waals surface area (Å²) in [5, 5.41) is 11.7. The second kappa shape index (κ2) is 8.47. The van der Waals surface area contributed by atoms with Crippen molar-refractivity contribution >= 4 is 62.0 Å². The third-order valence-electron chi connectivity index (χ3n) is 8.15. The zero-order chi connectivity index (χ0) is 27.9. The summed E-state index contributed by atoms with van der Waals surface area (Å²) >= 11 is 0. The molecule has 0 amide bonds. The first-order chi connectivity index (χ1) is 19.2. The van der Waals surface area contributed by atoms with Crippen molar-refractivity contribution in [3.8, 4) is 39.6 Å². The van der Waals surface area contributed by atoms with Crippen LogP contribution in [0.2, 0.25) is 0 Å². The molecule has 0 fully saturated rings. The lowest BCUT2D eigenvalue weighted by molar-refractivity contribution is 0.644. The fourth-order valence-electron chi connectivity index (χ4n) is 6.11. The molecule has 0 spiro atoms. The lowest BCUT2D eigenvalue weighted by Gasteiger charge is -2.21. The molecule has 1 aliphatic carbocycles. The molecule has 0 atom stereocenters. The molecular weight excluding hydrogens is 492 g/mol. The minimum atomic E-state index is -0.815. The lowest BCUT2D eigenvalue weighted by atomic mass is 9.78. The maximum Gasteiger partial charge on any atom is 0.144 e. The average Bonchev–Trinajstić information content (AvgIpc) is 3.46. The molecule has 4 aromatic carbocycles. The molecule has 6 aromatic rings. The van der Waals surface area contributed by atoms with E-state index in [1.165, 1.54) is 16.7 Å². The molecule has 0 saturated heterocycles. The van der Waals surface area contributed by atoms with Crippen molar-refractivity contribution in [1.82, 2.24) is 4.98 Å². The average molecular weight is 510 g/mol. The van der Waals surface area contributed by atoms with E-state index < -0.39 is 5.82 Å². The summed E-state index contributed by atoms with van der Waals surface area (Å²) in [5.74, 6) is -0.815. The topological polar surface area (TPSA) is 49.8 Å². The molecule has 0 aliphatic heterocycles. The Labute approximate surface area is 234 Å². The van der Waals surface area contributed by atoms with Crippen LogP contribution in [0.1, 0.15) is 30.5 Å². The minimum Gasteiger partial charge on any atom is -0.455 e. The maximum atomic E-state index is 14.8. The summed E-state index contributed by atoms with van der Waals surface area (Å²) in [5.41, 5.74) is 7.73. The van der Waals surface area contributed by atoms with Crippen molar-refractivity contribution < 1.29 is 8.81 Å². The largest absolute Gasteiger partial charge is 0.455 e. The predicted molar refractivity (Wildman–Crippen MR) is 161 cm³/mol. The van der Waals surface area contributed by atoms with Gasteiger partial charge in [-0.3, -0.25) is 4.98 Å². The summed E-state index contributed by atoms with van der Waals surface area (Å²) < 4.78 is 21.3. The number of halogens is 1. The van der Waals surface area contributed by atoms with E-state index in [4.69, 9.17) is 28.0 Å². The molecule has 7 heteroatoms. The minimum absolute atomic E-state index is 0.133. The van der Waals surface area contributed by atoms with Crippen LogP contribution in [0.25, 0.3) is 55.4 Å². The third kappa shape index (κ3) is 3.23. The summed E-state index contributed by atoms with van der Waals surface area (Å²) in [4.78, 5) is 4.29. The molecule has 0 N–H and O–H groups in total. The highest BCUT2D eigenvalue weighted by atomic mass is 19.1. The van der Waals surface area contributed by atoms with Gasteiger partial charge in [-0.25, -0.2) is 4.39 Å². The highest BCUT2D eigenvalue weighted by Crippen LogP contribution is 2.50. The molecule has 182 valence electrons. The molecule has 0 saturated carbocycles. The van der Waals surface area contributed by atoms with Crippen molar-refractivity contribution in [2.24, 2.45) is 0 Å². The molecule has 2 heterocycles. The van der Waals surface area contributed by atoms with E-state index in [0.717, 1.165) is 21.9 Å². The van der Waals surface area contributed by atoms with Crippen molar-refractivity contribution in [2.75, 3.05) is 0 Å². The summed E-state index contributed by atoms with van der Waals surface area (Å²) in [6.07, 6.45) is 0. The Bertz CT molecular complexity index is 2110. The monoisotopic (exact) mass is 510 g/mol. The van der Waals surface area contributed by atoms with Gasteiger partial charge in [-0.1, -0.05) is 67.8 Å². The first-order valence-corrected chi connectivity index (χ1v) is 12.9. The van der Waals surface area contributed by atoms with Crippen LogP contribution in [0.15, 0.2) is 77.2 Å². The standard InChI is InChI=1S/C33H18B3FN2O/c1-33(2)23-9-4-3-6-18(23)22-14-16(11-13-24(22)33)25-17(15-38)10-12-20-19-7-5-8-21(30(19)40-31(20)25)29-26(34)28(37)27(35)32(36)39-29/h3-14H,1-2H3. The van der Waals surface area contributed by atoms with Crippen LogP contribution in [0.5, 0.6) is 0 Å². The first-order valence-electron chi connectivity index (χ1n) is 12.9. The highest BCUT2D eigenvalue weighted by molar-refractivity contribution is 6.50. The Morgan fingerprint density at radius 1 is 0.800 bits per heavy atom. The van der Waals surface area contributed by atoms with Crippen molar-refractivity contribution in [2.45, 2.75) is 19.3 Å². The molecule has 0 bridgehead atoms. The van der Waals surface area contributed by atoms with E-state index >= 15 is 0 Å². The molecule has 2 aromatic heterocycles. The van der Waals surface area contributed by atoms with Crippen LogP contribution in [-0.2, 0) is 5.41 Å². The number of hydrogen-bond acceptors (Lipinski definition) is 3. The number of benzene rings is 4. The normalized spacial score (nSPS) is 13.3. The highest BCUT2D eigenvalue weighted by Gasteiger charge is 2.35. The van der Waals surface area contributed by atoms with E-state index in [1.54, 1.807) is 12.1 Å². The van der Waals surface area contributed by atoms with Crippen LogP contribution in [0.3, 0.4) is 0 Å². The third-order valence-corrected chi connectivity index (χ3v) is 8.15. The lowest BCUT2D eigenvalue weighted by Crippen LogP contribution is -2.38. The number of furan rings is 1. The van der Waals surface area contributed by atoms with Gasteiger partial charge in [0.05, 0.1) is 17.3 Å². The Morgan fingerprint density at radius 2 is 1.52 bits per heavy atom. The zero-order valence-electron chi connectivity index (χ0n) is 21.8. The second-order valence-corrected chi connectivity index (χ2v) is 10.7. The number of nitrogens with zero attached hydrogens (tertiary/aromatic N) is 2. The SMILES string of the molecule is [B]c1nc(-c2cccc3c2oc2c(-c4ccc5c(c4)-c4ccccc4C5(C)C)c(C#N)ccc23)c([B])c(F)c1[B]. The summed E-state index contributed by atoms with van der Waals surface area (Å²) in [7, 11) is 17.7. The van der Waals surface area contributed by atoms with Gasteiger partial charge in [0, 0.05) is 27.3 Å². The Kier molecular flexibility index (Phi) is 5.18. The Morgan fingerprint density at radius 3 is 2.33 bits per heavy atom. The zero-order valence-corrected chi connectivity index (χ0v) is 21.8. The fourth-order valence-corrected chi connectivity index (χ4v) is 6.11. The molecule has 0 unspecified atom stereocenters. The predicted octanol–water partition coefficient (Wildman–Crippen LogP) is 5.01. The molecular formula is C33H18B3FN2O. The van der Waals surface area contributed by atoms with Crippen molar-refractivity contribution in [3.63, 3.8) is 0 Å². The van der Waals surface area contributed by atoms with Gasteiger partial charge in [-0.2, -0.15) is 5.26 Å². The molecule has 3 nitrogen and oxygen atoms in total. The quantitative estimate of drug-likeness (QED) is 0.308. The van der Waals surface area contributed by atoms with Crippen LogP contribution >= 0.6 is 0 Å². The number of hydrogen-bond donors (Lipinski definition) is 0. The van der Waals surface area contributed by atoms with Gasteiger partial charge in [0.1, 0.15) is 40.5 Å². The number of nitriles is 1. The number of rotatable bonds is 2. The maximum absolute atomic E-state index is 14.8. The van der Waals surface area contributed by atoms with Crippen LogP contribution in [0, 0.1) is 17.1 Å². The Hall–Kier alpha value is -4.56. The number of fused-ring (bicyclic) bond motifs is 6. The fraction of sp³-hybridized carbons (Fsp3) is 0.0909. The summed E-state index contributed by atoms with van der Waals surface area (Å²) in [6, 6.07) is 26.2. The van der Waals surface area contributed by atoms with Gasteiger partial charge >= 0.3 is 0 Å². The van der Waals surface area contributed by atoms with Crippen LogP contribution in [-0.4, -0.2) is 28.5 Å². The number of para-hydroxylation sites is 1.